The first-order valence-electron chi connectivity index (χ1n) is 7.66. The van der Waals surface area contributed by atoms with Gasteiger partial charge in [-0.2, -0.15) is 5.10 Å². The topological polar surface area (TPSA) is 71.0 Å². The van der Waals surface area contributed by atoms with E-state index in [-0.39, 0.29) is 10.6 Å². The van der Waals surface area contributed by atoms with Crippen molar-refractivity contribution in [3.05, 3.63) is 64.4 Å². The molecule has 1 aliphatic rings. The third kappa shape index (κ3) is 3.01. The molecule has 8 heteroatoms. The van der Waals surface area contributed by atoms with Crippen molar-refractivity contribution in [3.63, 3.8) is 0 Å². The van der Waals surface area contributed by atoms with Gasteiger partial charge in [0.05, 0.1) is 18.3 Å². The molecule has 2 aromatic carbocycles. The lowest BCUT2D eigenvalue weighted by molar-refractivity contribution is -0.131. The molecule has 1 aliphatic heterocycles. The molecule has 0 bridgehead atoms. The van der Waals surface area contributed by atoms with Gasteiger partial charge >= 0.3 is 6.03 Å². The summed E-state index contributed by atoms with van der Waals surface area (Å²) in [4.78, 5) is 25.0. The molecule has 1 N–H and O–H groups in total. The smallest absolute Gasteiger partial charge is 0.346 e. The fourth-order valence-electron chi connectivity index (χ4n) is 2.60. The number of carbonyl (C=O) groups is 2. The van der Waals surface area contributed by atoms with Crippen LogP contribution < -0.4 is 10.1 Å². The van der Waals surface area contributed by atoms with Crippen LogP contribution in [-0.2, 0) is 10.3 Å². The molecule has 1 saturated heterocycles. The Bertz CT molecular complexity index is 881. The van der Waals surface area contributed by atoms with E-state index in [1.54, 1.807) is 31.2 Å². The average Bonchev–Trinajstić information content (AvgIpc) is 2.85. The summed E-state index contributed by atoms with van der Waals surface area (Å²) in [6.07, 6.45) is 1.05. The normalized spacial score (nSPS) is 19.9. The second kappa shape index (κ2) is 6.76. The largest absolute Gasteiger partial charge is 0.497 e. The van der Waals surface area contributed by atoms with Crippen LogP contribution in [0.25, 0.3) is 0 Å². The van der Waals surface area contributed by atoms with E-state index in [2.05, 4.69) is 10.4 Å². The Labute approximate surface area is 154 Å². The van der Waals surface area contributed by atoms with E-state index < -0.39 is 23.3 Å². The zero-order valence-corrected chi connectivity index (χ0v) is 14.7. The number of nitrogens with one attached hydrogen (secondary N) is 1. The van der Waals surface area contributed by atoms with Gasteiger partial charge in [-0.25, -0.2) is 9.18 Å². The lowest BCUT2D eigenvalue weighted by atomic mass is 9.92. The van der Waals surface area contributed by atoms with Crippen molar-refractivity contribution in [1.29, 1.82) is 0 Å². The summed E-state index contributed by atoms with van der Waals surface area (Å²) in [5.74, 6) is -0.569. The van der Waals surface area contributed by atoms with Crippen LogP contribution in [0.1, 0.15) is 18.1 Å². The minimum absolute atomic E-state index is 0.00665. The zero-order chi connectivity index (χ0) is 18.9. The number of ether oxygens (including phenoxy) is 1. The molecule has 1 heterocycles. The second-order valence-corrected chi connectivity index (χ2v) is 6.19. The van der Waals surface area contributed by atoms with Crippen molar-refractivity contribution in [2.75, 3.05) is 7.11 Å². The number of carbonyl (C=O) groups excluding carboxylic acids is 2. The minimum atomic E-state index is -1.29. The van der Waals surface area contributed by atoms with Crippen molar-refractivity contribution in [3.8, 4) is 5.75 Å². The van der Waals surface area contributed by atoms with Crippen LogP contribution in [0.4, 0.5) is 9.18 Å². The highest BCUT2D eigenvalue weighted by Gasteiger charge is 2.49. The molecule has 0 aliphatic carbocycles. The third-order valence-electron chi connectivity index (χ3n) is 4.14. The molecule has 0 radical (unpaired) electrons. The molecule has 0 unspecified atom stereocenters. The van der Waals surface area contributed by atoms with E-state index in [0.717, 1.165) is 6.21 Å². The quantitative estimate of drug-likeness (QED) is 0.658. The summed E-state index contributed by atoms with van der Waals surface area (Å²) in [5, 5.41) is 7.22. The van der Waals surface area contributed by atoms with Gasteiger partial charge in [0, 0.05) is 5.56 Å². The number of imide groups is 1. The Hall–Kier alpha value is -2.93. The maximum absolute atomic E-state index is 13.8. The summed E-state index contributed by atoms with van der Waals surface area (Å²) in [6, 6.07) is 10.2. The lowest BCUT2D eigenvalue weighted by Gasteiger charge is -2.21. The Morgan fingerprint density at radius 3 is 2.54 bits per heavy atom. The number of benzene rings is 2. The van der Waals surface area contributed by atoms with Gasteiger partial charge in [-0.05, 0) is 36.8 Å². The molecule has 134 valence electrons. The van der Waals surface area contributed by atoms with Gasteiger partial charge in [0.15, 0.2) is 0 Å². The van der Waals surface area contributed by atoms with Gasteiger partial charge in [0.1, 0.15) is 17.1 Å². The van der Waals surface area contributed by atoms with Gasteiger partial charge in [-0.15, -0.1) is 5.01 Å². The molecule has 26 heavy (non-hydrogen) atoms. The summed E-state index contributed by atoms with van der Waals surface area (Å²) in [6.45, 7) is 1.57. The molecule has 0 saturated carbocycles. The monoisotopic (exact) mass is 375 g/mol. The first kappa shape index (κ1) is 17.9. The molecule has 2 aromatic rings. The Morgan fingerprint density at radius 2 is 1.92 bits per heavy atom. The van der Waals surface area contributed by atoms with Crippen molar-refractivity contribution in [2.45, 2.75) is 12.5 Å². The van der Waals surface area contributed by atoms with Crippen LogP contribution >= 0.6 is 11.6 Å². The van der Waals surface area contributed by atoms with Crippen LogP contribution in [0.2, 0.25) is 5.02 Å². The van der Waals surface area contributed by atoms with E-state index in [9.17, 15) is 14.0 Å². The van der Waals surface area contributed by atoms with Crippen molar-refractivity contribution in [1.82, 2.24) is 10.3 Å². The molecular formula is C18H15ClFN3O3. The van der Waals surface area contributed by atoms with Crippen LogP contribution in [0.5, 0.6) is 5.75 Å². The molecule has 1 atom stereocenters. The lowest BCUT2D eigenvalue weighted by Crippen LogP contribution is -2.40. The van der Waals surface area contributed by atoms with Gasteiger partial charge in [0.2, 0.25) is 0 Å². The first-order valence-corrected chi connectivity index (χ1v) is 8.04. The molecule has 0 spiro atoms. The number of rotatable bonds is 4. The van der Waals surface area contributed by atoms with Gasteiger partial charge < -0.3 is 10.1 Å². The van der Waals surface area contributed by atoms with E-state index >= 15 is 0 Å². The predicted molar refractivity (Wildman–Crippen MR) is 94.7 cm³/mol. The van der Waals surface area contributed by atoms with E-state index in [1.165, 1.54) is 25.3 Å². The highest BCUT2D eigenvalue weighted by atomic mass is 35.5. The number of hydrogen-bond acceptors (Lipinski definition) is 4. The predicted octanol–water partition coefficient (Wildman–Crippen LogP) is 3.29. The van der Waals surface area contributed by atoms with Crippen molar-refractivity contribution in [2.24, 2.45) is 5.10 Å². The molecule has 0 aromatic heterocycles. The summed E-state index contributed by atoms with van der Waals surface area (Å²) >= 11 is 5.92. The molecule has 3 amide bonds. The van der Waals surface area contributed by atoms with Gasteiger partial charge in [-0.1, -0.05) is 29.8 Å². The Balaban J connectivity index is 1.90. The minimum Gasteiger partial charge on any atom is -0.497 e. The fraction of sp³-hybridized carbons (Fsp3) is 0.167. The standard InChI is InChI=1S/C18H15ClFN3O3/c1-18(11-6-8-12(26-2)9-7-11)16(24)23(17(25)22-18)21-10-13-14(19)4-3-5-15(13)20/h3-10H,1-2H3,(H,22,25)/b21-10-/t18-/m1/s1. The van der Waals surface area contributed by atoms with E-state index in [1.807, 2.05) is 0 Å². The molecule has 6 nitrogen and oxygen atoms in total. The SMILES string of the molecule is COc1ccc([C@@]2(C)NC(=O)N(/N=C\c3c(F)cccc3Cl)C2=O)cc1. The second-order valence-electron chi connectivity index (χ2n) is 5.78. The van der Waals surface area contributed by atoms with Crippen LogP contribution in [-0.4, -0.2) is 30.3 Å². The summed E-state index contributed by atoms with van der Waals surface area (Å²) in [5.41, 5.74) is -0.731. The van der Waals surface area contributed by atoms with Crippen molar-refractivity contribution < 1.29 is 18.7 Å². The summed E-state index contributed by atoms with van der Waals surface area (Å²) < 4.78 is 18.9. The maximum atomic E-state index is 13.8. The van der Waals surface area contributed by atoms with Gasteiger partial charge in [0.25, 0.3) is 5.91 Å². The van der Waals surface area contributed by atoms with Crippen molar-refractivity contribution >= 4 is 29.8 Å². The Kier molecular flexibility index (Phi) is 4.65. The van der Waals surface area contributed by atoms with Crippen LogP contribution in [0.3, 0.4) is 0 Å². The van der Waals surface area contributed by atoms with Crippen LogP contribution in [0, 0.1) is 5.82 Å². The average molecular weight is 376 g/mol. The highest BCUT2D eigenvalue weighted by molar-refractivity contribution is 6.33. The Morgan fingerprint density at radius 1 is 1.23 bits per heavy atom. The number of methoxy groups -OCH3 is 1. The van der Waals surface area contributed by atoms with Crippen LogP contribution in [0.15, 0.2) is 47.6 Å². The zero-order valence-electron chi connectivity index (χ0n) is 14.0. The number of halogens is 2. The molecular weight excluding hydrogens is 361 g/mol. The number of nitrogens with zero attached hydrogens (tertiary/aromatic N) is 2. The third-order valence-corrected chi connectivity index (χ3v) is 4.47. The summed E-state index contributed by atoms with van der Waals surface area (Å²) in [7, 11) is 1.53. The van der Waals surface area contributed by atoms with E-state index in [4.69, 9.17) is 16.3 Å². The van der Waals surface area contributed by atoms with Gasteiger partial charge in [-0.3, -0.25) is 4.79 Å². The molecule has 3 rings (SSSR count). The number of amides is 3. The first-order chi connectivity index (χ1) is 12.4. The molecule has 1 fully saturated rings. The number of hydrazone groups is 1. The highest BCUT2D eigenvalue weighted by Crippen LogP contribution is 2.30. The fourth-order valence-corrected chi connectivity index (χ4v) is 2.81. The number of urea groups is 1. The maximum Gasteiger partial charge on any atom is 0.346 e. The van der Waals surface area contributed by atoms with E-state index in [0.29, 0.717) is 16.3 Å². The number of hydrogen-bond donors (Lipinski definition) is 1.